The van der Waals surface area contributed by atoms with Gasteiger partial charge in [0.1, 0.15) is 0 Å². The molecule has 0 aromatic rings. The van der Waals surface area contributed by atoms with Crippen LogP contribution in [0.1, 0.15) is 6.92 Å². The zero-order valence-corrected chi connectivity index (χ0v) is 6.39. The van der Waals surface area contributed by atoms with Gasteiger partial charge < -0.3 is 9.84 Å². The summed E-state index contributed by atoms with van der Waals surface area (Å²) in [6.45, 7) is 1.44. The van der Waals surface area contributed by atoms with E-state index in [1.807, 2.05) is 0 Å². The maximum absolute atomic E-state index is 9.67. The first-order valence-corrected chi connectivity index (χ1v) is 1.46. The SMILES string of the molecule is COC(C)[O-].[Na+]. The summed E-state index contributed by atoms with van der Waals surface area (Å²) < 4.78 is 4.19. The summed E-state index contributed by atoms with van der Waals surface area (Å²) in [7, 11) is 1.39. The van der Waals surface area contributed by atoms with Gasteiger partial charge in [-0.2, -0.15) is 0 Å². The first-order valence-electron chi connectivity index (χ1n) is 1.46. The van der Waals surface area contributed by atoms with Gasteiger partial charge in [-0.15, -0.1) is 0 Å². The van der Waals surface area contributed by atoms with E-state index in [0.717, 1.165) is 0 Å². The number of hydrogen-bond acceptors (Lipinski definition) is 2. The van der Waals surface area contributed by atoms with Crippen molar-refractivity contribution in [1.29, 1.82) is 0 Å². The van der Waals surface area contributed by atoms with Crippen LogP contribution in [-0.4, -0.2) is 13.4 Å². The second-order valence-electron chi connectivity index (χ2n) is 0.803. The molecule has 1 unspecified atom stereocenters. The third kappa shape index (κ3) is 8.87. The second-order valence-corrected chi connectivity index (χ2v) is 0.803. The van der Waals surface area contributed by atoms with Crippen molar-refractivity contribution in [1.82, 2.24) is 0 Å². The monoisotopic (exact) mass is 98.0 g/mol. The van der Waals surface area contributed by atoms with Gasteiger partial charge in [0.15, 0.2) is 0 Å². The number of rotatable bonds is 1. The van der Waals surface area contributed by atoms with E-state index in [1.54, 1.807) is 0 Å². The molecule has 0 saturated carbocycles. The number of ether oxygens (including phenoxy) is 1. The molecular weight excluding hydrogens is 91.0 g/mol. The summed E-state index contributed by atoms with van der Waals surface area (Å²) in [4.78, 5) is 0. The molecule has 0 amide bonds. The molecule has 0 spiro atoms. The molecule has 0 rings (SSSR count). The van der Waals surface area contributed by atoms with Crippen LogP contribution in [0, 0.1) is 0 Å². The van der Waals surface area contributed by atoms with E-state index < -0.39 is 6.29 Å². The van der Waals surface area contributed by atoms with Crippen molar-refractivity contribution in [3.8, 4) is 0 Å². The average molecular weight is 98.1 g/mol. The fourth-order valence-corrected chi connectivity index (χ4v) is 0. The van der Waals surface area contributed by atoms with Gasteiger partial charge in [-0.1, -0.05) is 6.92 Å². The molecule has 2 nitrogen and oxygen atoms in total. The maximum Gasteiger partial charge on any atom is 1.00 e. The van der Waals surface area contributed by atoms with Crippen LogP contribution < -0.4 is 34.7 Å². The van der Waals surface area contributed by atoms with E-state index in [4.69, 9.17) is 0 Å². The minimum atomic E-state index is -0.866. The molecule has 32 valence electrons. The Morgan fingerprint density at radius 2 is 1.83 bits per heavy atom. The third-order valence-electron chi connectivity index (χ3n) is 0.332. The van der Waals surface area contributed by atoms with Crippen LogP contribution in [0.4, 0.5) is 0 Å². The van der Waals surface area contributed by atoms with Crippen LogP contribution in [0.5, 0.6) is 0 Å². The predicted molar refractivity (Wildman–Crippen MR) is 16.5 cm³/mol. The van der Waals surface area contributed by atoms with Gasteiger partial charge in [0.2, 0.25) is 0 Å². The Morgan fingerprint density at radius 3 is 1.83 bits per heavy atom. The van der Waals surface area contributed by atoms with Crippen LogP contribution in [-0.2, 0) is 4.74 Å². The molecule has 0 aromatic heterocycles. The molecule has 0 aliphatic carbocycles. The zero-order valence-electron chi connectivity index (χ0n) is 4.39. The Morgan fingerprint density at radius 1 is 1.67 bits per heavy atom. The smallest absolute Gasteiger partial charge is 0.831 e. The van der Waals surface area contributed by atoms with Crippen molar-refractivity contribution in [3.05, 3.63) is 0 Å². The normalized spacial score (nSPS) is 12.5. The summed E-state index contributed by atoms with van der Waals surface area (Å²) in [5, 5.41) is 9.67. The molecule has 0 radical (unpaired) electrons. The first kappa shape index (κ1) is 10.0. The van der Waals surface area contributed by atoms with Gasteiger partial charge in [-0.3, -0.25) is 0 Å². The molecule has 0 fully saturated rings. The summed E-state index contributed by atoms with van der Waals surface area (Å²) in [6, 6.07) is 0. The maximum atomic E-state index is 9.67. The Hall–Kier alpha value is 0.920. The largest absolute Gasteiger partial charge is 1.00 e. The first-order chi connectivity index (χ1) is 2.27. The molecule has 3 heteroatoms. The standard InChI is InChI=1S/C3H7O2.Na/c1-3(4)5-2;/h3H,1-2H3;/q-1;+1. The second kappa shape index (κ2) is 5.92. The molecule has 0 aliphatic rings. The molecule has 0 aliphatic heterocycles. The van der Waals surface area contributed by atoms with Crippen LogP contribution in [0.3, 0.4) is 0 Å². The van der Waals surface area contributed by atoms with Gasteiger partial charge in [0.05, 0.1) is 0 Å². The van der Waals surface area contributed by atoms with Crippen LogP contribution in [0.2, 0.25) is 0 Å². The molecule has 1 atom stereocenters. The van der Waals surface area contributed by atoms with Crippen molar-refractivity contribution in [2.24, 2.45) is 0 Å². The van der Waals surface area contributed by atoms with Crippen LogP contribution in [0.25, 0.3) is 0 Å². The van der Waals surface area contributed by atoms with Crippen molar-refractivity contribution in [2.75, 3.05) is 7.11 Å². The van der Waals surface area contributed by atoms with Gasteiger partial charge in [0, 0.05) is 7.11 Å². The summed E-state index contributed by atoms with van der Waals surface area (Å²) in [5.41, 5.74) is 0. The van der Waals surface area contributed by atoms with Crippen LogP contribution in [0.15, 0.2) is 0 Å². The Balaban J connectivity index is 0. The molecule has 0 aromatic carbocycles. The Bertz CT molecular complexity index is 22.8. The Kier molecular flexibility index (Phi) is 9.89. The number of methoxy groups -OCH3 is 1. The van der Waals surface area contributed by atoms with Gasteiger partial charge in [-0.25, -0.2) is 0 Å². The van der Waals surface area contributed by atoms with Crippen molar-refractivity contribution < 1.29 is 39.4 Å². The Labute approximate surface area is 59.8 Å². The summed E-state index contributed by atoms with van der Waals surface area (Å²) >= 11 is 0. The van der Waals surface area contributed by atoms with E-state index in [1.165, 1.54) is 14.0 Å². The van der Waals surface area contributed by atoms with E-state index in [2.05, 4.69) is 4.74 Å². The fraction of sp³-hybridized carbons (Fsp3) is 1.00. The topological polar surface area (TPSA) is 32.3 Å². The van der Waals surface area contributed by atoms with E-state index in [0.29, 0.717) is 0 Å². The van der Waals surface area contributed by atoms with Crippen molar-refractivity contribution >= 4 is 0 Å². The zero-order chi connectivity index (χ0) is 4.28. The molecule has 0 saturated heterocycles. The quantitative estimate of drug-likeness (QED) is 0.250. The van der Waals surface area contributed by atoms with E-state index >= 15 is 0 Å². The van der Waals surface area contributed by atoms with E-state index in [9.17, 15) is 5.11 Å². The fourth-order valence-electron chi connectivity index (χ4n) is 0. The summed E-state index contributed by atoms with van der Waals surface area (Å²) in [5.74, 6) is 0. The molecule has 0 heterocycles. The van der Waals surface area contributed by atoms with Crippen molar-refractivity contribution in [3.63, 3.8) is 0 Å². The summed E-state index contributed by atoms with van der Waals surface area (Å²) in [6.07, 6.45) is -0.866. The minimum absolute atomic E-state index is 0. The van der Waals surface area contributed by atoms with Gasteiger partial charge in [0.25, 0.3) is 0 Å². The van der Waals surface area contributed by atoms with Crippen LogP contribution >= 0.6 is 0 Å². The molecular formula is C3H7NaO2. The molecule has 0 bridgehead atoms. The predicted octanol–water partition coefficient (Wildman–Crippen LogP) is -3.66. The average Bonchev–Trinajstić information content (AvgIpc) is 1.38. The van der Waals surface area contributed by atoms with Crippen molar-refractivity contribution in [2.45, 2.75) is 13.2 Å². The van der Waals surface area contributed by atoms with Gasteiger partial charge >= 0.3 is 29.6 Å². The number of hydrogen-bond donors (Lipinski definition) is 0. The van der Waals surface area contributed by atoms with Gasteiger partial charge in [-0.05, 0) is 6.29 Å². The molecule has 6 heavy (non-hydrogen) atoms. The minimum Gasteiger partial charge on any atom is -0.831 e. The third-order valence-corrected chi connectivity index (χ3v) is 0.332. The van der Waals surface area contributed by atoms with E-state index in [-0.39, 0.29) is 29.6 Å². The molecule has 0 N–H and O–H groups in total.